The molecule has 11 heteroatoms. The molecule has 2 aromatic heterocycles. The highest BCUT2D eigenvalue weighted by Crippen LogP contribution is 2.28. The molecule has 36 heavy (non-hydrogen) atoms. The topological polar surface area (TPSA) is 134 Å². The predicted octanol–water partition coefficient (Wildman–Crippen LogP) is 2.46. The van der Waals surface area contributed by atoms with Gasteiger partial charge in [-0.1, -0.05) is 24.3 Å². The van der Waals surface area contributed by atoms with Crippen LogP contribution in [0.25, 0.3) is 5.82 Å². The number of aromatic nitrogens is 5. The molecular weight excluding hydrogens is 460 g/mol. The quantitative estimate of drug-likeness (QED) is 0.285. The van der Waals surface area contributed by atoms with Crippen LogP contribution < -0.4 is 26.1 Å². The highest BCUT2D eigenvalue weighted by Gasteiger charge is 2.15. The molecule has 4 rings (SSSR count). The Kier molecular flexibility index (Phi) is 7.28. The molecule has 0 saturated heterocycles. The number of hydrogen-bond donors (Lipinski definition) is 2. The zero-order chi connectivity index (χ0) is 25.7. The number of rotatable bonds is 8. The van der Waals surface area contributed by atoms with E-state index in [0.717, 1.165) is 16.8 Å². The molecule has 0 atom stereocenters. The number of nitrogen functional groups attached to an aromatic ring is 1. The first-order valence-corrected chi connectivity index (χ1v) is 11.2. The van der Waals surface area contributed by atoms with Crippen molar-refractivity contribution < 1.29 is 9.47 Å². The molecule has 0 radical (unpaired) electrons. The van der Waals surface area contributed by atoms with Crippen LogP contribution in [0.3, 0.4) is 0 Å². The summed E-state index contributed by atoms with van der Waals surface area (Å²) in [5, 5.41) is 7.52. The molecule has 0 aliphatic heterocycles. The van der Waals surface area contributed by atoms with Gasteiger partial charge in [-0.25, -0.2) is 4.98 Å². The lowest BCUT2D eigenvalue weighted by Crippen LogP contribution is -2.28. The minimum Gasteiger partial charge on any atom is -0.493 e. The van der Waals surface area contributed by atoms with Gasteiger partial charge in [0.15, 0.2) is 17.3 Å². The second kappa shape index (κ2) is 10.7. The summed E-state index contributed by atoms with van der Waals surface area (Å²) >= 11 is 0. The smallest absolute Gasteiger partial charge is 0.255 e. The Morgan fingerprint density at radius 1 is 1.11 bits per heavy atom. The number of nitrogens with zero attached hydrogens (tertiary/aromatic N) is 6. The summed E-state index contributed by atoms with van der Waals surface area (Å²) in [7, 11) is 4.83. The summed E-state index contributed by atoms with van der Waals surface area (Å²) in [5.41, 5.74) is 8.52. The third kappa shape index (κ3) is 5.35. The van der Waals surface area contributed by atoms with Crippen LogP contribution in [0, 0.1) is 6.92 Å². The number of nitrogens with two attached hydrogens (primary N) is 1. The van der Waals surface area contributed by atoms with Gasteiger partial charge < -0.3 is 20.5 Å². The lowest BCUT2D eigenvalue weighted by atomic mass is 10.1. The van der Waals surface area contributed by atoms with E-state index >= 15 is 0 Å². The first-order valence-electron chi connectivity index (χ1n) is 11.2. The van der Waals surface area contributed by atoms with Crippen LogP contribution in [-0.4, -0.2) is 51.4 Å². The van der Waals surface area contributed by atoms with Crippen LogP contribution in [0.4, 0.5) is 11.6 Å². The second-order valence-corrected chi connectivity index (χ2v) is 7.99. The summed E-state index contributed by atoms with van der Waals surface area (Å²) in [6.07, 6.45) is 1.85. The number of benzene rings is 2. The van der Waals surface area contributed by atoms with Crippen LogP contribution in [0.2, 0.25) is 0 Å². The van der Waals surface area contributed by atoms with Crippen molar-refractivity contribution in [1.82, 2.24) is 24.3 Å². The van der Waals surface area contributed by atoms with Crippen LogP contribution in [0.15, 0.2) is 64.6 Å². The van der Waals surface area contributed by atoms with Crippen molar-refractivity contribution in [2.45, 2.75) is 19.9 Å². The van der Waals surface area contributed by atoms with Gasteiger partial charge in [0.2, 0.25) is 5.95 Å². The van der Waals surface area contributed by atoms with E-state index in [2.05, 4.69) is 25.4 Å². The minimum absolute atomic E-state index is 0.0827. The molecule has 2 heterocycles. The van der Waals surface area contributed by atoms with Crippen LogP contribution in [0.1, 0.15) is 17.0 Å². The van der Waals surface area contributed by atoms with E-state index in [9.17, 15) is 4.79 Å². The molecule has 186 valence electrons. The number of hydrogen-bond acceptors (Lipinski definition) is 8. The number of amidine groups is 1. The van der Waals surface area contributed by atoms with Crippen molar-refractivity contribution in [3.05, 3.63) is 82.2 Å². The summed E-state index contributed by atoms with van der Waals surface area (Å²) in [5.74, 6) is 2.78. The Hall–Kier alpha value is -4.67. The van der Waals surface area contributed by atoms with Gasteiger partial charge in [-0.15, -0.1) is 5.10 Å². The maximum atomic E-state index is 12.9. The molecule has 2 aromatic carbocycles. The van der Waals surface area contributed by atoms with Gasteiger partial charge in [0.1, 0.15) is 18.0 Å². The number of para-hydroxylation sites is 1. The largest absolute Gasteiger partial charge is 0.493 e. The molecule has 3 N–H and O–H groups in total. The lowest BCUT2D eigenvalue weighted by Gasteiger charge is -2.13. The molecule has 11 nitrogen and oxygen atoms in total. The van der Waals surface area contributed by atoms with E-state index in [1.54, 1.807) is 21.3 Å². The van der Waals surface area contributed by atoms with Crippen molar-refractivity contribution in [3.8, 4) is 17.3 Å². The van der Waals surface area contributed by atoms with Gasteiger partial charge in [0.25, 0.3) is 5.56 Å². The second-order valence-electron chi connectivity index (χ2n) is 7.99. The van der Waals surface area contributed by atoms with E-state index in [4.69, 9.17) is 15.2 Å². The fraction of sp³-hybridized carbons (Fsp3) is 0.240. The normalized spacial score (nSPS) is 11.4. The zero-order valence-electron chi connectivity index (χ0n) is 20.6. The highest BCUT2D eigenvalue weighted by molar-refractivity contribution is 5.95. The number of methoxy groups -OCH3 is 2. The molecule has 0 amide bonds. The van der Waals surface area contributed by atoms with Gasteiger partial charge in [-0.3, -0.25) is 14.4 Å². The number of aliphatic imine (C=N–C) groups is 1. The van der Waals surface area contributed by atoms with Crippen LogP contribution in [-0.2, 0) is 13.0 Å². The van der Waals surface area contributed by atoms with Crippen molar-refractivity contribution in [1.29, 1.82) is 0 Å². The van der Waals surface area contributed by atoms with E-state index in [0.29, 0.717) is 35.4 Å². The molecule has 0 aliphatic rings. The fourth-order valence-corrected chi connectivity index (χ4v) is 3.68. The van der Waals surface area contributed by atoms with E-state index in [1.165, 1.54) is 21.6 Å². The average molecular weight is 489 g/mol. The highest BCUT2D eigenvalue weighted by atomic mass is 16.5. The molecule has 0 fully saturated rings. The maximum Gasteiger partial charge on any atom is 0.255 e. The Morgan fingerprint density at radius 3 is 2.58 bits per heavy atom. The Bertz CT molecular complexity index is 1460. The number of anilines is 2. The van der Waals surface area contributed by atoms with E-state index in [-0.39, 0.29) is 18.1 Å². The maximum absolute atomic E-state index is 12.9. The Balaban J connectivity index is 1.57. The van der Waals surface area contributed by atoms with E-state index in [1.807, 2.05) is 49.4 Å². The van der Waals surface area contributed by atoms with Crippen molar-refractivity contribution >= 4 is 17.5 Å². The fourth-order valence-electron chi connectivity index (χ4n) is 3.68. The third-order valence-electron chi connectivity index (χ3n) is 5.60. The third-order valence-corrected chi connectivity index (χ3v) is 5.60. The van der Waals surface area contributed by atoms with Gasteiger partial charge in [0.05, 0.1) is 20.8 Å². The first-order chi connectivity index (χ1) is 17.4. The lowest BCUT2D eigenvalue weighted by molar-refractivity contribution is 0.354. The van der Waals surface area contributed by atoms with Crippen molar-refractivity contribution in [2.75, 3.05) is 32.3 Å². The van der Waals surface area contributed by atoms with Crippen LogP contribution in [0.5, 0.6) is 11.5 Å². The Labute approximate surface area is 208 Å². The SMILES string of the molecule is CN=C(Cn1cnc(-n2nc(N)nc2Cc2ccc(OC)c(OC)c2)cc1=O)Nc1ccccc1C. The summed E-state index contributed by atoms with van der Waals surface area (Å²) < 4.78 is 13.6. The van der Waals surface area contributed by atoms with Crippen molar-refractivity contribution in [3.63, 3.8) is 0 Å². The summed E-state index contributed by atoms with van der Waals surface area (Å²) in [6.45, 7) is 2.23. The minimum atomic E-state index is -0.265. The Morgan fingerprint density at radius 2 is 1.89 bits per heavy atom. The number of ether oxygens (including phenoxy) is 2. The zero-order valence-corrected chi connectivity index (χ0v) is 20.6. The first kappa shape index (κ1) is 24.5. The molecule has 0 saturated carbocycles. The van der Waals surface area contributed by atoms with Crippen LogP contribution >= 0.6 is 0 Å². The molecule has 0 unspecified atom stereocenters. The van der Waals surface area contributed by atoms with Gasteiger partial charge in [-0.05, 0) is 36.2 Å². The average Bonchev–Trinajstić information content (AvgIpc) is 3.25. The van der Waals surface area contributed by atoms with E-state index < -0.39 is 0 Å². The number of aryl methyl sites for hydroxylation is 1. The standard InChI is InChI=1S/C25H28N8O3/c1-16-7-5-6-8-18(16)29-21(27-2)14-32-15-28-22(13-24(32)34)33-23(30-25(26)31-33)12-17-9-10-19(35-3)20(11-17)36-4/h5-11,13,15H,12,14H2,1-4H3,(H2,26,31)(H,27,29). The number of nitrogens with one attached hydrogen (secondary N) is 1. The molecule has 0 aliphatic carbocycles. The molecule has 0 bridgehead atoms. The molecular formula is C25H28N8O3. The van der Waals surface area contributed by atoms with Gasteiger partial charge in [-0.2, -0.15) is 9.67 Å². The summed E-state index contributed by atoms with van der Waals surface area (Å²) in [4.78, 5) is 26.0. The summed E-state index contributed by atoms with van der Waals surface area (Å²) in [6, 6.07) is 14.8. The predicted molar refractivity (Wildman–Crippen MR) is 138 cm³/mol. The van der Waals surface area contributed by atoms with Gasteiger partial charge in [0, 0.05) is 25.2 Å². The molecule has 0 spiro atoms. The molecule has 4 aromatic rings. The monoisotopic (exact) mass is 488 g/mol. The van der Waals surface area contributed by atoms with Crippen molar-refractivity contribution in [2.24, 2.45) is 4.99 Å². The van der Waals surface area contributed by atoms with Gasteiger partial charge >= 0.3 is 0 Å².